The second-order valence-electron chi connectivity index (χ2n) is 4.64. The van der Waals surface area contributed by atoms with Crippen molar-refractivity contribution in [2.45, 2.75) is 19.6 Å². The van der Waals surface area contributed by atoms with Crippen LogP contribution in [0.2, 0.25) is 0 Å². The van der Waals surface area contributed by atoms with E-state index >= 15 is 0 Å². The van der Waals surface area contributed by atoms with Gasteiger partial charge in [-0.05, 0) is 34.7 Å². The van der Waals surface area contributed by atoms with Gasteiger partial charge in [0.05, 0.1) is 3.57 Å². The van der Waals surface area contributed by atoms with Gasteiger partial charge in [-0.1, -0.05) is 0 Å². The Bertz CT molecular complexity index is 613. The highest BCUT2D eigenvalue weighted by molar-refractivity contribution is 14.1. The first-order chi connectivity index (χ1) is 9.69. The number of rotatable bonds is 2. The van der Waals surface area contributed by atoms with Gasteiger partial charge in [0.15, 0.2) is 5.57 Å². The number of hydrogen-bond acceptors (Lipinski definition) is 5. The second-order valence-corrected chi connectivity index (χ2v) is 5.71. The van der Waals surface area contributed by atoms with Crippen LogP contribution < -0.4 is 5.32 Å². The first-order valence-corrected chi connectivity index (χ1v) is 6.85. The largest absolute Gasteiger partial charge is 0.419 e. The van der Waals surface area contributed by atoms with E-state index in [-0.39, 0.29) is 9.26 Å². The minimum Gasteiger partial charge on any atom is -0.419 e. The molecule has 1 heterocycles. The fraction of sp³-hybridized carbons (Fsp3) is 0.231. The Hall–Kier alpha value is -1.71. The first-order valence-electron chi connectivity index (χ1n) is 5.77. The monoisotopic (exact) mass is 409 g/mol. The van der Waals surface area contributed by atoms with Crippen molar-refractivity contribution in [3.63, 3.8) is 0 Å². The number of esters is 2. The maximum absolute atomic E-state index is 13.4. The minimum absolute atomic E-state index is 0.0448. The maximum atomic E-state index is 13.4. The van der Waals surface area contributed by atoms with Crippen molar-refractivity contribution in [3.8, 4) is 0 Å². The van der Waals surface area contributed by atoms with Gasteiger partial charge in [-0.2, -0.15) is 0 Å². The topological polar surface area (TPSA) is 64.6 Å². The Morgan fingerprint density at radius 1 is 1.14 bits per heavy atom. The summed E-state index contributed by atoms with van der Waals surface area (Å²) in [6, 6.07) is 2.07. The van der Waals surface area contributed by atoms with Crippen molar-refractivity contribution < 1.29 is 27.8 Å². The van der Waals surface area contributed by atoms with Crippen molar-refractivity contribution in [2.75, 3.05) is 5.32 Å². The summed E-state index contributed by atoms with van der Waals surface area (Å²) in [5, 5.41) is 2.46. The second kappa shape index (κ2) is 5.58. The molecule has 2 rings (SSSR count). The lowest BCUT2D eigenvalue weighted by molar-refractivity contribution is -0.222. The summed E-state index contributed by atoms with van der Waals surface area (Å²) in [6.07, 6.45) is 0.987. The normalized spacial score (nSPS) is 17.1. The fourth-order valence-corrected chi connectivity index (χ4v) is 1.88. The Morgan fingerprint density at radius 3 is 2.10 bits per heavy atom. The predicted molar refractivity (Wildman–Crippen MR) is 77.0 cm³/mol. The molecule has 21 heavy (non-hydrogen) atoms. The number of halogens is 3. The SMILES string of the molecule is CC1(C)OC(=O)C(=CNc2cc(F)c(I)c(F)c2)C(=O)O1. The number of anilines is 1. The molecular weight excluding hydrogens is 399 g/mol. The molecule has 0 atom stereocenters. The van der Waals surface area contributed by atoms with Gasteiger partial charge in [-0.3, -0.25) is 0 Å². The number of carbonyl (C=O) groups is 2. The van der Waals surface area contributed by atoms with Crippen molar-refractivity contribution in [1.82, 2.24) is 0 Å². The standard InChI is InChI=1S/C13H10F2INO4/c1-13(2)20-11(18)7(12(19)21-13)5-17-6-3-8(14)10(16)9(15)4-6/h3-5,17H,1-2H3. The zero-order valence-electron chi connectivity index (χ0n) is 11.0. The summed E-state index contributed by atoms with van der Waals surface area (Å²) in [5.74, 6) is -4.62. The van der Waals surface area contributed by atoms with Gasteiger partial charge in [0.25, 0.3) is 5.79 Å². The quantitative estimate of drug-likeness (QED) is 0.268. The summed E-state index contributed by atoms with van der Waals surface area (Å²) >= 11 is 1.53. The van der Waals surface area contributed by atoms with E-state index in [2.05, 4.69) is 5.32 Å². The van der Waals surface area contributed by atoms with Crippen LogP contribution in [0.4, 0.5) is 14.5 Å². The van der Waals surface area contributed by atoms with Crippen LogP contribution in [0.25, 0.3) is 0 Å². The van der Waals surface area contributed by atoms with E-state index in [4.69, 9.17) is 9.47 Å². The summed E-state index contributed by atoms with van der Waals surface area (Å²) in [6.45, 7) is 2.83. The number of cyclic esters (lactones) is 2. The highest BCUT2D eigenvalue weighted by Gasteiger charge is 2.38. The molecule has 0 aromatic heterocycles. The van der Waals surface area contributed by atoms with Gasteiger partial charge in [-0.25, -0.2) is 18.4 Å². The molecule has 0 bridgehead atoms. The van der Waals surface area contributed by atoms with Gasteiger partial charge in [-0.15, -0.1) is 0 Å². The number of ether oxygens (including phenoxy) is 2. The zero-order chi connectivity index (χ0) is 15.8. The van der Waals surface area contributed by atoms with Crippen LogP contribution in [-0.2, 0) is 19.1 Å². The molecule has 1 N–H and O–H groups in total. The van der Waals surface area contributed by atoms with Gasteiger partial charge in [0.1, 0.15) is 11.6 Å². The Labute approximate surface area is 132 Å². The molecule has 112 valence electrons. The Kier molecular flexibility index (Phi) is 4.17. The average Bonchev–Trinajstić information content (AvgIpc) is 2.33. The van der Waals surface area contributed by atoms with E-state index in [0.717, 1.165) is 18.3 Å². The zero-order valence-corrected chi connectivity index (χ0v) is 13.2. The number of benzene rings is 1. The van der Waals surface area contributed by atoms with Crippen molar-refractivity contribution in [1.29, 1.82) is 0 Å². The molecule has 0 radical (unpaired) electrons. The number of hydrogen-bond donors (Lipinski definition) is 1. The van der Waals surface area contributed by atoms with Crippen molar-refractivity contribution >= 4 is 40.2 Å². The molecule has 1 saturated heterocycles. The molecule has 0 aliphatic carbocycles. The minimum atomic E-state index is -1.34. The van der Waals surface area contributed by atoms with Crippen LogP contribution in [-0.4, -0.2) is 17.7 Å². The van der Waals surface area contributed by atoms with Crippen LogP contribution >= 0.6 is 22.6 Å². The molecule has 0 amide bonds. The smallest absolute Gasteiger partial charge is 0.350 e. The van der Waals surface area contributed by atoms with E-state index < -0.39 is 34.9 Å². The van der Waals surface area contributed by atoms with Gasteiger partial charge < -0.3 is 14.8 Å². The van der Waals surface area contributed by atoms with E-state index in [9.17, 15) is 18.4 Å². The van der Waals surface area contributed by atoms with Crippen LogP contribution in [0.1, 0.15) is 13.8 Å². The maximum Gasteiger partial charge on any atom is 0.350 e. The highest BCUT2D eigenvalue weighted by Crippen LogP contribution is 2.24. The fourth-order valence-electron chi connectivity index (χ4n) is 1.57. The predicted octanol–water partition coefficient (Wildman–Crippen LogP) is 2.70. The Balaban J connectivity index is 2.22. The molecule has 1 aliphatic heterocycles. The third kappa shape index (κ3) is 3.49. The molecule has 1 aromatic rings. The van der Waals surface area contributed by atoms with Gasteiger partial charge in [0.2, 0.25) is 0 Å². The third-order valence-electron chi connectivity index (χ3n) is 2.48. The van der Waals surface area contributed by atoms with E-state index in [0.29, 0.717) is 0 Å². The van der Waals surface area contributed by atoms with E-state index in [1.54, 1.807) is 0 Å². The van der Waals surface area contributed by atoms with Crippen LogP contribution in [0, 0.1) is 15.2 Å². The molecular formula is C13H10F2INO4. The lowest BCUT2D eigenvalue weighted by Crippen LogP contribution is -2.42. The summed E-state index contributed by atoms with van der Waals surface area (Å²) < 4.78 is 36.3. The van der Waals surface area contributed by atoms with Crippen LogP contribution in [0.15, 0.2) is 23.9 Å². The first kappa shape index (κ1) is 15.7. The third-order valence-corrected chi connectivity index (χ3v) is 3.51. The summed E-state index contributed by atoms with van der Waals surface area (Å²) in [7, 11) is 0. The van der Waals surface area contributed by atoms with Crippen molar-refractivity contribution in [3.05, 3.63) is 39.1 Å². The Morgan fingerprint density at radius 2 is 1.62 bits per heavy atom. The molecule has 0 saturated carbocycles. The van der Waals surface area contributed by atoms with Crippen LogP contribution in [0.5, 0.6) is 0 Å². The molecule has 0 spiro atoms. The molecule has 8 heteroatoms. The van der Waals surface area contributed by atoms with Gasteiger partial charge in [0, 0.05) is 25.7 Å². The average molecular weight is 409 g/mol. The molecule has 5 nitrogen and oxygen atoms in total. The molecule has 1 aliphatic rings. The van der Waals surface area contributed by atoms with E-state index in [1.807, 2.05) is 0 Å². The number of carbonyl (C=O) groups excluding carboxylic acids is 2. The summed E-state index contributed by atoms with van der Waals surface area (Å²) in [4.78, 5) is 23.3. The molecule has 0 unspecified atom stereocenters. The lowest BCUT2D eigenvalue weighted by Gasteiger charge is -2.29. The van der Waals surface area contributed by atoms with E-state index in [1.165, 1.54) is 36.4 Å². The highest BCUT2D eigenvalue weighted by atomic mass is 127. The van der Waals surface area contributed by atoms with Crippen molar-refractivity contribution in [2.24, 2.45) is 0 Å². The lowest BCUT2D eigenvalue weighted by atomic mass is 10.2. The van der Waals surface area contributed by atoms with Crippen LogP contribution in [0.3, 0.4) is 0 Å². The molecule has 1 aromatic carbocycles. The number of nitrogens with one attached hydrogen (secondary N) is 1. The summed E-state index contributed by atoms with van der Waals surface area (Å²) in [5.41, 5.74) is -0.350. The van der Waals surface area contributed by atoms with Gasteiger partial charge >= 0.3 is 11.9 Å². The molecule has 1 fully saturated rings.